The van der Waals surface area contributed by atoms with E-state index in [0.717, 1.165) is 24.5 Å². The Bertz CT molecular complexity index is 890. The lowest BCUT2D eigenvalue weighted by atomic mass is 10.1. The first-order valence-electron chi connectivity index (χ1n) is 8.65. The zero-order chi connectivity index (χ0) is 18.6. The number of pyridine rings is 1. The van der Waals surface area contributed by atoms with Gasteiger partial charge in [0, 0.05) is 37.7 Å². The van der Waals surface area contributed by atoms with Crippen LogP contribution in [0, 0.1) is 0 Å². The Morgan fingerprint density at radius 1 is 1.15 bits per heavy atom. The van der Waals surface area contributed by atoms with Crippen molar-refractivity contribution in [2.45, 2.75) is 25.1 Å². The lowest BCUT2D eigenvalue weighted by molar-refractivity contribution is 0.0950. The molecule has 1 aromatic carbocycles. The molecule has 0 spiro atoms. The summed E-state index contributed by atoms with van der Waals surface area (Å²) in [4.78, 5) is 19.0. The summed E-state index contributed by atoms with van der Waals surface area (Å²) in [6.45, 7) is 2.45. The second-order valence-electron chi connectivity index (χ2n) is 6.67. The van der Waals surface area contributed by atoms with E-state index in [9.17, 15) is 13.2 Å². The van der Waals surface area contributed by atoms with Crippen molar-refractivity contribution in [1.82, 2.24) is 10.3 Å². The molecule has 1 amide bonds. The number of carbonyl (C=O) groups excluding carboxylic acids is 1. The van der Waals surface area contributed by atoms with Crippen molar-refractivity contribution in [2.75, 3.05) is 24.2 Å². The standard InChI is InChI=1S/C19H23N3O3S/c1-26(24,25)14-16-5-4-6-17(11-16)19(23)21-13-15-7-8-20-18(12-15)22-9-2-3-10-22/h4-8,11-12H,2-3,9-10,13-14H2,1H3,(H,21,23). The van der Waals surface area contributed by atoms with Gasteiger partial charge in [0.1, 0.15) is 5.82 Å². The molecule has 7 heteroatoms. The third-order valence-electron chi connectivity index (χ3n) is 4.31. The number of nitrogens with one attached hydrogen (secondary N) is 1. The van der Waals surface area contributed by atoms with Gasteiger partial charge in [-0.1, -0.05) is 12.1 Å². The Kier molecular flexibility index (Phi) is 5.56. The van der Waals surface area contributed by atoms with Gasteiger partial charge in [-0.3, -0.25) is 4.79 Å². The number of hydrogen-bond donors (Lipinski definition) is 1. The fourth-order valence-corrected chi connectivity index (χ4v) is 3.86. The molecule has 2 heterocycles. The smallest absolute Gasteiger partial charge is 0.251 e. The fraction of sp³-hybridized carbons (Fsp3) is 0.368. The third kappa shape index (κ3) is 5.05. The average molecular weight is 373 g/mol. The van der Waals surface area contributed by atoms with E-state index >= 15 is 0 Å². The predicted octanol–water partition coefficient (Wildman–Crippen LogP) is 2.16. The maximum Gasteiger partial charge on any atom is 0.251 e. The van der Waals surface area contributed by atoms with Gasteiger partial charge >= 0.3 is 0 Å². The summed E-state index contributed by atoms with van der Waals surface area (Å²) < 4.78 is 22.8. The number of hydrogen-bond acceptors (Lipinski definition) is 5. The molecular weight excluding hydrogens is 350 g/mol. The number of rotatable bonds is 6. The average Bonchev–Trinajstić information content (AvgIpc) is 3.13. The van der Waals surface area contributed by atoms with Crippen LogP contribution in [0.3, 0.4) is 0 Å². The molecule has 1 N–H and O–H groups in total. The lowest BCUT2D eigenvalue weighted by Gasteiger charge is -2.17. The van der Waals surface area contributed by atoms with Gasteiger partial charge < -0.3 is 10.2 Å². The largest absolute Gasteiger partial charge is 0.357 e. The molecule has 2 aromatic rings. The Balaban J connectivity index is 1.64. The van der Waals surface area contributed by atoms with Crippen LogP contribution >= 0.6 is 0 Å². The van der Waals surface area contributed by atoms with Gasteiger partial charge in [0.05, 0.1) is 5.75 Å². The summed E-state index contributed by atoms with van der Waals surface area (Å²) in [6.07, 6.45) is 5.32. The van der Waals surface area contributed by atoms with Crippen LogP contribution < -0.4 is 10.2 Å². The third-order valence-corrected chi connectivity index (χ3v) is 5.17. The van der Waals surface area contributed by atoms with Gasteiger partial charge in [-0.05, 0) is 48.2 Å². The van der Waals surface area contributed by atoms with Crippen LogP contribution in [0.25, 0.3) is 0 Å². The molecule has 0 saturated carbocycles. The van der Waals surface area contributed by atoms with Crippen molar-refractivity contribution in [3.8, 4) is 0 Å². The SMILES string of the molecule is CS(=O)(=O)Cc1cccc(C(=O)NCc2ccnc(N3CCCC3)c2)c1. The quantitative estimate of drug-likeness (QED) is 0.839. The Morgan fingerprint density at radius 3 is 2.65 bits per heavy atom. The van der Waals surface area contributed by atoms with Gasteiger partial charge in [0.15, 0.2) is 9.84 Å². The van der Waals surface area contributed by atoms with Crippen LogP contribution in [0.1, 0.15) is 34.3 Å². The molecule has 1 fully saturated rings. The number of sulfone groups is 1. The zero-order valence-corrected chi connectivity index (χ0v) is 15.6. The summed E-state index contributed by atoms with van der Waals surface area (Å²) in [5, 5.41) is 2.89. The molecule has 26 heavy (non-hydrogen) atoms. The highest BCUT2D eigenvalue weighted by Crippen LogP contribution is 2.18. The monoisotopic (exact) mass is 373 g/mol. The van der Waals surface area contributed by atoms with E-state index in [1.165, 1.54) is 19.1 Å². The molecule has 0 atom stereocenters. The first kappa shape index (κ1) is 18.4. The molecule has 6 nitrogen and oxygen atoms in total. The van der Waals surface area contributed by atoms with Gasteiger partial charge in [-0.25, -0.2) is 13.4 Å². The summed E-state index contributed by atoms with van der Waals surface area (Å²) in [7, 11) is -3.13. The highest BCUT2D eigenvalue weighted by molar-refractivity contribution is 7.89. The van der Waals surface area contributed by atoms with Crippen molar-refractivity contribution < 1.29 is 13.2 Å². The Morgan fingerprint density at radius 2 is 1.92 bits per heavy atom. The van der Waals surface area contributed by atoms with E-state index in [-0.39, 0.29) is 11.7 Å². The molecule has 0 radical (unpaired) electrons. The fourth-order valence-electron chi connectivity index (χ4n) is 3.08. The topological polar surface area (TPSA) is 79.4 Å². The first-order chi connectivity index (χ1) is 12.4. The second kappa shape index (κ2) is 7.86. The van der Waals surface area contributed by atoms with E-state index in [4.69, 9.17) is 0 Å². The number of benzene rings is 1. The van der Waals surface area contributed by atoms with Crippen molar-refractivity contribution >= 4 is 21.6 Å². The minimum atomic E-state index is -3.13. The van der Waals surface area contributed by atoms with E-state index in [0.29, 0.717) is 17.7 Å². The van der Waals surface area contributed by atoms with Gasteiger partial charge in [0.2, 0.25) is 0 Å². The number of anilines is 1. The minimum Gasteiger partial charge on any atom is -0.357 e. The van der Waals surface area contributed by atoms with Crippen LogP contribution in [0.15, 0.2) is 42.6 Å². The van der Waals surface area contributed by atoms with Crippen molar-refractivity contribution in [1.29, 1.82) is 0 Å². The maximum absolute atomic E-state index is 12.4. The Hall–Kier alpha value is -2.41. The van der Waals surface area contributed by atoms with Crippen LogP contribution in [0.4, 0.5) is 5.82 Å². The molecule has 0 aliphatic carbocycles. The first-order valence-corrected chi connectivity index (χ1v) is 10.7. The van der Waals surface area contributed by atoms with E-state index in [1.54, 1.807) is 30.5 Å². The molecular formula is C19H23N3O3S. The molecule has 1 saturated heterocycles. The van der Waals surface area contributed by atoms with Crippen LogP contribution in [0.5, 0.6) is 0 Å². The molecule has 1 aliphatic rings. The minimum absolute atomic E-state index is 0.0718. The van der Waals surface area contributed by atoms with Gasteiger partial charge in [-0.15, -0.1) is 0 Å². The van der Waals surface area contributed by atoms with Crippen molar-refractivity contribution in [3.05, 3.63) is 59.3 Å². The van der Waals surface area contributed by atoms with Crippen LogP contribution in [-0.4, -0.2) is 38.7 Å². The van der Waals surface area contributed by atoms with E-state index < -0.39 is 9.84 Å². The van der Waals surface area contributed by atoms with Crippen molar-refractivity contribution in [2.24, 2.45) is 0 Å². The molecule has 0 unspecified atom stereocenters. The number of amides is 1. The number of carbonyl (C=O) groups is 1. The van der Waals surface area contributed by atoms with Gasteiger partial charge in [0.25, 0.3) is 5.91 Å². The van der Waals surface area contributed by atoms with E-state index in [1.807, 2.05) is 12.1 Å². The number of aromatic nitrogens is 1. The predicted molar refractivity (Wildman–Crippen MR) is 102 cm³/mol. The molecule has 138 valence electrons. The summed E-state index contributed by atoms with van der Waals surface area (Å²) in [5.41, 5.74) is 2.06. The Labute approximate surface area is 154 Å². The normalized spacial score (nSPS) is 14.4. The lowest BCUT2D eigenvalue weighted by Crippen LogP contribution is -2.24. The zero-order valence-electron chi connectivity index (χ0n) is 14.8. The second-order valence-corrected chi connectivity index (χ2v) is 8.81. The summed E-state index contributed by atoms with van der Waals surface area (Å²) in [5.74, 6) is 0.654. The molecule has 1 aliphatic heterocycles. The van der Waals surface area contributed by atoms with Crippen LogP contribution in [0.2, 0.25) is 0 Å². The summed E-state index contributed by atoms with van der Waals surface area (Å²) >= 11 is 0. The number of nitrogens with zero attached hydrogens (tertiary/aromatic N) is 2. The highest BCUT2D eigenvalue weighted by atomic mass is 32.2. The van der Waals surface area contributed by atoms with Crippen LogP contribution in [-0.2, 0) is 22.1 Å². The maximum atomic E-state index is 12.4. The molecule has 3 rings (SSSR count). The molecule has 0 bridgehead atoms. The van der Waals surface area contributed by atoms with Crippen molar-refractivity contribution in [3.63, 3.8) is 0 Å². The van der Waals surface area contributed by atoms with E-state index in [2.05, 4.69) is 15.2 Å². The summed E-state index contributed by atoms with van der Waals surface area (Å²) in [6, 6.07) is 10.6. The van der Waals surface area contributed by atoms with Gasteiger partial charge in [-0.2, -0.15) is 0 Å². The molecule has 1 aromatic heterocycles. The highest BCUT2D eigenvalue weighted by Gasteiger charge is 2.14.